The fraction of sp³-hybridized carbons (Fsp3) is 0.154. The molecule has 0 saturated carbocycles. The molecule has 0 heterocycles. The number of carboxylic acids is 2. The van der Waals surface area contributed by atoms with Crippen LogP contribution in [0.25, 0.3) is 12.2 Å². The molecule has 6 aromatic carbocycles. The quantitative estimate of drug-likeness (QED) is 0.0350. The van der Waals surface area contributed by atoms with Crippen LogP contribution in [0.1, 0.15) is 49.9 Å². The maximum absolute atomic E-state index is 13.5. The topological polar surface area (TPSA) is 305 Å². The summed E-state index contributed by atoms with van der Waals surface area (Å²) >= 11 is 25.2. The van der Waals surface area contributed by atoms with E-state index in [1.165, 1.54) is 121 Å². The van der Waals surface area contributed by atoms with Gasteiger partial charge in [-0.3, -0.25) is 18.7 Å². The van der Waals surface area contributed by atoms with Crippen molar-refractivity contribution in [2.45, 2.75) is 41.6 Å². The summed E-state index contributed by atoms with van der Waals surface area (Å²) in [6, 6.07) is 25.3. The lowest BCUT2D eigenvalue weighted by atomic mass is 10.0. The standard InChI is InChI=1S/C27H26Cl2NO8PS.C25H22Cl2NO8PS/c1-3-38-39(35,20-8-5-7-19(31)16-20)11-10-18-13-22(28)25(23(29)14-18)26(32)30-24(27(33)34)15-17-6-4-9-21(12-17)40(2,36)37;1-38(35,36)19-7-2-4-15(10-19)13-22(25(31)32)28-24(30)23-20(26)11-16(12-21(23)27)8-9-37(33,34)18-6-3-5-17(29)14-18/h4-14,16,24,31H,3,15H2,1-2H3,(H,30,32)(H,33,34);2-12,14,22,29H,13H2,1H3,(H,28,30)(H,31,32)(H,33,34)/b11-10+;9-8+/t24-,39?;22-/m00/s1. The Morgan fingerprint density at radius 1 is 0.577 bits per heavy atom. The van der Waals surface area contributed by atoms with Crippen LogP contribution in [0, 0.1) is 0 Å². The molecule has 0 bridgehead atoms. The Morgan fingerprint density at radius 2 is 0.949 bits per heavy atom. The molecule has 78 heavy (non-hydrogen) atoms. The molecule has 2 amide bonds. The first-order valence-electron chi connectivity index (χ1n) is 22.6. The van der Waals surface area contributed by atoms with E-state index in [1.54, 1.807) is 19.1 Å². The molecular weight excluding hydrogens is 1180 g/mol. The van der Waals surface area contributed by atoms with E-state index in [-0.39, 0.29) is 82.6 Å². The van der Waals surface area contributed by atoms with Gasteiger partial charge in [0.1, 0.15) is 23.6 Å². The number of amides is 2. The summed E-state index contributed by atoms with van der Waals surface area (Å²) in [5.41, 5.74) is 1.06. The first kappa shape index (κ1) is 62.6. The normalized spacial score (nSPS) is 14.1. The van der Waals surface area contributed by atoms with Gasteiger partial charge in [0.2, 0.25) is 0 Å². The number of carbonyl (C=O) groups is 4. The van der Waals surface area contributed by atoms with Crippen molar-refractivity contribution in [3.63, 3.8) is 0 Å². The lowest BCUT2D eigenvalue weighted by Gasteiger charge is -2.17. The number of halogens is 4. The Morgan fingerprint density at radius 3 is 1.32 bits per heavy atom. The summed E-state index contributed by atoms with van der Waals surface area (Å²) in [5.74, 6) is -2.33. The van der Waals surface area contributed by atoms with Crippen molar-refractivity contribution >= 4 is 127 Å². The summed E-state index contributed by atoms with van der Waals surface area (Å²) in [6.07, 6.45) is 4.39. The average molecular weight is 1220 g/mol. The van der Waals surface area contributed by atoms with Crippen LogP contribution >= 0.6 is 61.1 Å². The first-order chi connectivity index (χ1) is 36.4. The minimum atomic E-state index is -3.98. The number of hydrogen-bond acceptors (Lipinski definition) is 13. The number of hydrogen-bond donors (Lipinski definition) is 7. The van der Waals surface area contributed by atoms with Crippen LogP contribution in [0.3, 0.4) is 0 Å². The molecule has 6 rings (SSSR count). The second kappa shape index (κ2) is 26.6. The van der Waals surface area contributed by atoms with Gasteiger partial charge in [0.15, 0.2) is 19.7 Å². The van der Waals surface area contributed by atoms with E-state index in [4.69, 9.17) is 50.9 Å². The van der Waals surface area contributed by atoms with E-state index < -0.39 is 70.2 Å². The van der Waals surface area contributed by atoms with Crippen LogP contribution < -0.4 is 21.2 Å². The zero-order chi connectivity index (χ0) is 57.9. The lowest BCUT2D eigenvalue weighted by molar-refractivity contribution is -0.140. The molecule has 2 unspecified atom stereocenters. The molecule has 0 aliphatic rings. The van der Waals surface area contributed by atoms with Gasteiger partial charge in [0.25, 0.3) is 26.6 Å². The number of carbonyl (C=O) groups excluding carboxylic acids is 2. The third-order valence-corrected chi connectivity index (χ3v) is 18.1. The van der Waals surface area contributed by atoms with Gasteiger partial charge in [-0.05, 0) is 126 Å². The molecular formula is C52H48Cl4N2O16P2S2. The molecule has 0 spiro atoms. The molecule has 0 radical (unpaired) electrons. The molecule has 0 aromatic heterocycles. The lowest BCUT2D eigenvalue weighted by Crippen LogP contribution is -2.42. The maximum Gasteiger partial charge on any atom is 0.326 e. The van der Waals surface area contributed by atoms with Crippen LogP contribution in [0.4, 0.5) is 0 Å². The van der Waals surface area contributed by atoms with Crippen LogP contribution in [0.15, 0.2) is 143 Å². The fourth-order valence-corrected chi connectivity index (χ4v) is 12.8. The molecule has 412 valence electrons. The molecule has 0 fully saturated rings. The number of aromatic hydroxyl groups is 2. The van der Waals surface area contributed by atoms with E-state index in [9.17, 15) is 70.5 Å². The third-order valence-electron chi connectivity index (χ3n) is 11.0. The summed E-state index contributed by atoms with van der Waals surface area (Å²) in [5, 5.41) is 43.2. The molecule has 6 aromatic rings. The summed E-state index contributed by atoms with van der Waals surface area (Å²) in [4.78, 5) is 60.0. The zero-order valence-electron chi connectivity index (χ0n) is 41.1. The van der Waals surface area contributed by atoms with Gasteiger partial charge >= 0.3 is 11.9 Å². The van der Waals surface area contributed by atoms with E-state index in [2.05, 4.69) is 10.6 Å². The van der Waals surface area contributed by atoms with Gasteiger partial charge in [-0.15, -0.1) is 0 Å². The van der Waals surface area contributed by atoms with E-state index >= 15 is 0 Å². The van der Waals surface area contributed by atoms with Crippen molar-refractivity contribution in [2.75, 3.05) is 19.1 Å². The van der Waals surface area contributed by atoms with Crippen LogP contribution in [0.5, 0.6) is 11.5 Å². The Balaban J connectivity index is 0.000000288. The van der Waals surface area contributed by atoms with Gasteiger partial charge in [-0.1, -0.05) is 82.8 Å². The van der Waals surface area contributed by atoms with E-state index in [0.29, 0.717) is 22.3 Å². The van der Waals surface area contributed by atoms with Crippen molar-refractivity contribution in [2.24, 2.45) is 0 Å². The van der Waals surface area contributed by atoms with Crippen LogP contribution in [-0.4, -0.2) is 97.1 Å². The molecule has 4 atom stereocenters. The summed E-state index contributed by atoms with van der Waals surface area (Å²) < 4.78 is 78.9. The maximum atomic E-state index is 13.5. The van der Waals surface area contributed by atoms with Crippen molar-refractivity contribution in [1.29, 1.82) is 0 Å². The number of rotatable bonds is 20. The van der Waals surface area contributed by atoms with E-state index in [0.717, 1.165) is 24.4 Å². The highest BCUT2D eigenvalue weighted by Gasteiger charge is 2.28. The molecule has 18 nitrogen and oxygen atoms in total. The Bertz CT molecular complexity index is 3640. The number of carboxylic acid groups (broad SMARTS) is 2. The van der Waals surface area contributed by atoms with Crippen molar-refractivity contribution < 1.29 is 75.0 Å². The highest BCUT2D eigenvalue weighted by Crippen LogP contribution is 2.48. The van der Waals surface area contributed by atoms with Crippen LogP contribution in [0.2, 0.25) is 20.1 Å². The Labute approximate surface area is 468 Å². The Hall–Kier alpha value is -6.28. The minimum Gasteiger partial charge on any atom is -0.508 e. The number of phenolic OH excluding ortho intramolecular Hbond substituents is 2. The number of aliphatic carboxylic acids is 2. The third kappa shape index (κ3) is 17.4. The van der Waals surface area contributed by atoms with Gasteiger partial charge in [0.05, 0.1) is 47.6 Å². The molecule has 0 aliphatic carbocycles. The molecule has 0 aliphatic heterocycles. The molecule has 0 saturated heterocycles. The first-order valence-corrected chi connectivity index (χ1v) is 31.3. The summed E-state index contributed by atoms with van der Waals surface area (Å²) in [6.45, 7) is 1.82. The highest BCUT2D eigenvalue weighted by atomic mass is 35.5. The number of phenols is 2. The van der Waals surface area contributed by atoms with Crippen molar-refractivity contribution in [1.82, 2.24) is 10.6 Å². The SMILES string of the molecule is CCOP(=O)(/C=C/c1cc(Cl)c(C(=O)N[C@@H](Cc2cccc(S(C)(=O)=O)c2)C(=O)O)c(Cl)c1)c1cccc(O)c1.CS(=O)(=O)c1cccc(C[C@H](NC(=O)c2c(Cl)cc(/C=C/P(=O)(O)c3cccc(O)c3)cc2Cl)C(=O)O)c1. The van der Waals surface area contributed by atoms with Gasteiger partial charge in [-0.2, -0.15) is 0 Å². The largest absolute Gasteiger partial charge is 0.508 e. The Kier molecular flexibility index (Phi) is 21.3. The molecule has 26 heteroatoms. The average Bonchev–Trinajstić information content (AvgIpc) is 3.34. The fourth-order valence-electron chi connectivity index (χ4n) is 7.18. The van der Waals surface area contributed by atoms with Gasteiger partial charge in [0, 0.05) is 47.6 Å². The van der Waals surface area contributed by atoms with E-state index in [1.807, 2.05) is 0 Å². The number of nitrogens with one attached hydrogen (secondary N) is 2. The van der Waals surface area contributed by atoms with Crippen molar-refractivity contribution in [3.05, 3.63) is 186 Å². The smallest absolute Gasteiger partial charge is 0.326 e. The predicted molar refractivity (Wildman–Crippen MR) is 300 cm³/mol. The van der Waals surface area contributed by atoms with Crippen molar-refractivity contribution in [3.8, 4) is 11.5 Å². The van der Waals surface area contributed by atoms with Gasteiger partial charge in [-0.25, -0.2) is 26.4 Å². The monoisotopic (exact) mass is 1220 g/mol. The number of benzene rings is 6. The second-order valence-electron chi connectivity index (χ2n) is 17.0. The summed E-state index contributed by atoms with van der Waals surface area (Å²) in [7, 11) is -14.5. The minimum absolute atomic E-state index is 0.00345. The zero-order valence-corrected chi connectivity index (χ0v) is 47.5. The predicted octanol–water partition coefficient (Wildman–Crippen LogP) is 9.23. The van der Waals surface area contributed by atoms with Crippen LogP contribution in [-0.2, 0) is 55.8 Å². The number of sulfone groups is 2. The molecule has 7 N–H and O–H groups in total. The second-order valence-corrected chi connectivity index (χ2v) is 27.0. The van der Waals surface area contributed by atoms with Gasteiger partial charge < -0.3 is 40.5 Å². The highest BCUT2D eigenvalue weighted by molar-refractivity contribution is 7.91.